The van der Waals surface area contributed by atoms with Crippen molar-refractivity contribution in [3.05, 3.63) is 94.3 Å². The predicted molar refractivity (Wildman–Crippen MR) is 129 cm³/mol. The van der Waals surface area contributed by atoms with Gasteiger partial charge in [0.05, 0.1) is 23.5 Å². The summed E-state index contributed by atoms with van der Waals surface area (Å²) in [6.45, 7) is 3.73. The van der Waals surface area contributed by atoms with Crippen molar-refractivity contribution in [1.82, 2.24) is 29.5 Å². The zero-order valence-electron chi connectivity index (χ0n) is 19.1. The number of fused-ring (bicyclic) bond motifs is 1. The molecule has 1 amide bonds. The minimum Gasteiger partial charge on any atom is -0.310 e. The molecule has 35 heavy (non-hydrogen) atoms. The molecule has 0 aliphatic carbocycles. The van der Waals surface area contributed by atoms with E-state index in [1.807, 2.05) is 37.3 Å². The fourth-order valence-electron chi connectivity index (χ4n) is 4.00. The lowest BCUT2D eigenvalue weighted by Crippen LogP contribution is -2.23. The molecule has 5 aromatic rings. The molecule has 0 aliphatic rings. The molecule has 0 spiro atoms. The van der Waals surface area contributed by atoms with Crippen LogP contribution in [0.25, 0.3) is 22.7 Å². The van der Waals surface area contributed by atoms with Crippen LogP contribution < -0.4 is 10.9 Å². The van der Waals surface area contributed by atoms with Crippen LogP contribution in [0, 0.1) is 12.7 Å². The van der Waals surface area contributed by atoms with E-state index in [4.69, 9.17) is 0 Å². The number of hydrogen-bond acceptors (Lipinski definition) is 5. The van der Waals surface area contributed by atoms with E-state index in [9.17, 15) is 14.0 Å². The van der Waals surface area contributed by atoms with Crippen molar-refractivity contribution < 1.29 is 9.18 Å². The highest BCUT2D eigenvalue weighted by atomic mass is 19.1. The first kappa shape index (κ1) is 22.2. The molecule has 0 radical (unpaired) electrons. The largest absolute Gasteiger partial charge is 0.310 e. The van der Waals surface area contributed by atoms with Gasteiger partial charge in [0.25, 0.3) is 5.56 Å². The van der Waals surface area contributed by atoms with Gasteiger partial charge in [-0.15, -0.1) is 0 Å². The van der Waals surface area contributed by atoms with E-state index >= 15 is 0 Å². The zero-order valence-corrected chi connectivity index (χ0v) is 19.1. The summed E-state index contributed by atoms with van der Waals surface area (Å²) in [5, 5.41) is 11.9. The minimum atomic E-state index is -0.417. The zero-order chi connectivity index (χ0) is 24.5. The summed E-state index contributed by atoms with van der Waals surface area (Å²) < 4.78 is 16.2. The van der Waals surface area contributed by atoms with Crippen LogP contribution in [0.1, 0.15) is 30.5 Å². The predicted octanol–water partition coefficient (Wildman–Crippen LogP) is 3.87. The van der Waals surface area contributed by atoms with Crippen LogP contribution in [0.3, 0.4) is 0 Å². The Balaban J connectivity index is 1.55. The average Bonchev–Trinajstić information content (AvgIpc) is 3.44. The fraction of sp³-hybridized carbons (Fsp3) is 0.160. The third-order valence-corrected chi connectivity index (χ3v) is 5.71. The highest BCUT2D eigenvalue weighted by molar-refractivity contribution is 5.95. The molecule has 2 aromatic carbocycles. The number of aromatic nitrogens is 6. The molecule has 0 bridgehead atoms. The lowest BCUT2D eigenvalue weighted by atomic mass is 9.96. The number of nitrogens with zero attached hydrogens (tertiary/aromatic N) is 5. The standard InChI is InChI=1S/C25H22FN7O2/c1-3-19(16-7-5-4-6-8-16)23(34)28-21-13-15(2)31-33(21)25-29-22-20(24(35)30-25)14-27-32(22)18-11-9-17(26)10-12-18/h4-14,19H,3H2,1-2H3,(H,28,34)(H,29,30,35). The second kappa shape index (κ2) is 8.98. The lowest BCUT2D eigenvalue weighted by molar-refractivity contribution is -0.117. The van der Waals surface area contributed by atoms with Crippen molar-refractivity contribution >= 4 is 22.8 Å². The van der Waals surface area contributed by atoms with E-state index in [0.717, 1.165) is 5.56 Å². The van der Waals surface area contributed by atoms with Crippen molar-refractivity contribution in [2.75, 3.05) is 5.32 Å². The number of carbonyl (C=O) groups is 1. The van der Waals surface area contributed by atoms with E-state index in [2.05, 4.69) is 25.5 Å². The summed E-state index contributed by atoms with van der Waals surface area (Å²) >= 11 is 0. The van der Waals surface area contributed by atoms with Gasteiger partial charge in [0.15, 0.2) is 5.65 Å². The van der Waals surface area contributed by atoms with Crippen LogP contribution in [0.15, 0.2) is 71.7 Å². The van der Waals surface area contributed by atoms with Gasteiger partial charge < -0.3 is 5.32 Å². The summed E-state index contributed by atoms with van der Waals surface area (Å²) in [6.07, 6.45) is 2.01. The number of benzene rings is 2. The lowest BCUT2D eigenvalue weighted by Gasteiger charge is -2.16. The molecule has 0 saturated heterocycles. The Morgan fingerprint density at radius 2 is 1.86 bits per heavy atom. The number of aryl methyl sites for hydroxylation is 1. The van der Waals surface area contributed by atoms with E-state index in [1.165, 1.54) is 27.7 Å². The van der Waals surface area contributed by atoms with Gasteiger partial charge in [-0.3, -0.25) is 14.6 Å². The van der Waals surface area contributed by atoms with Gasteiger partial charge in [0.2, 0.25) is 11.9 Å². The second-order valence-corrected chi connectivity index (χ2v) is 8.10. The second-order valence-electron chi connectivity index (χ2n) is 8.10. The van der Waals surface area contributed by atoms with Gasteiger partial charge in [-0.05, 0) is 43.2 Å². The van der Waals surface area contributed by atoms with Gasteiger partial charge in [-0.2, -0.15) is 19.9 Å². The number of rotatable bonds is 6. The molecular weight excluding hydrogens is 449 g/mol. The van der Waals surface area contributed by atoms with Crippen molar-refractivity contribution in [2.45, 2.75) is 26.2 Å². The van der Waals surface area contributed by atoms with Gasteiger partial charge in [0.1, 0.15) is 17.0 Å². The third kappa shape index (κ3) is 4.21. The quantitative estimate of drug-likeness (QED) is 0.391. The normalized spacial score (nSPS) is 12.1. The van der Waals surface area contributed by atoms with Gasteiger partial charge in [-0.1, -0.05) is 37.3 Å². The highest BCUT2D eigenvalue weighted by Crippen LogP contribution is 2.23. The number of carbonyl (C=O) groups excluding carboxylic acids is 1. The molecule has 9 nitrogen and oxygen atoms in total. The van der Waals surface area contributed by atoms with Crippen LogP contribution in [0.4, 0.5) is 10.2 Å². The maximum Gasteiger partial charge on any atom is 0.263 e. The Bertz CT molecular complexity index is 1570. The first-order chi connectivity index (χ1) is 16.9. The van der Waals surface area contributed by atoms with Gasteiger partial charge in [-0.25, -0.2) is 9.07 Å². The number of aromatic amines is 1. The van der Waals surface area contributed by atoms with E-state index < -0.39 is 5.56 Å². The maximum absolute atomic E-state index is 13.4. The topological polar surface area (TPSA) is 110 Å². The number of hydrogen-bond donors (Lipinski definition) is 2. The number of halogens is 1. The molecule has 1 atom stereocenters. The first-order valence-electron chi connectivity index (χ1n) is 11.1. The molecule has 5 rings (SSSR count). The summed E-state index contributed by atoms with van der Waals surface area (Å²) in [5.74, 6) is -0.446. The summed E-state index contributed by atoms with van der Waals surface area (Å²) in [4.78, 5) is 33.2. The van der Waals surface area contributed by atoms with E-state index in [1.54, 1.807) is 25.1 Å². The van der Waals surface area contributed by atoms with Crippen LogP contribution in [0.2, 0.25) is 0 Å². The number of H-pyrrole nitrogens is 1. The fourth-order valence-corrected chi connectivity index (χ4v) is 4.00. The average molecular weight is 471 g/mol. The smallest absolute Gasteiger partial charge is 0.263 e. The van der Waals surface area contributed by atoms with Gasteiger partial charge >= 0.3 is 0 Å². The SMILES string of the molecule is CCC(C(=O)Nc1cc(C)nn1-c1nc2c(cnn2-c2ccc(F)cc2)c(=O)[nH]1)c1ccccc1. The Hall–Kier alpha value is -4.60. The molecule has 176 valence electrons. The summed E-state index contributed by atoms with van der Waals surface area (Å²) in [6, 6.07) is 16.9. The van der Waals surface area contributed by atoms with Crippen LogP contribution in [0.5, 0.6) is 0 Å². The molecule has 1 unspecified atom stereocenters. The summed E-state index contributed by atoms with van der Waals surface area (Å²) in [7, 11) is 0. The monoisotopic (exact) mass is 471 g/mol. The van der Waals surface area contributed by atoms with Crippen molar-refractivity contribution in [1.29, 1.82) is 0 Å². The number of nitrogens with one attached hydrogen (secondary N) is 2. The first-order valence-corrected chi connectivity index (χ1v) is 11.1. The Labute approximate surface area is 199 Å². The third-order valence-electron chi connectivity index (χ3n) is 5.71. The van der Waals surface area contributed by atoms with Crippen molar-refractivity contribution in [3.8, 4) is 11.6 Å². The molecule has 10 heteroatoms. The number of amides is 1. The molecule has 3 heterocycles. The highest BCUT2D eigenvalue weighted by Gasteiger charge is 2.22. The Kier molecular flexibility index (Phi) is 5.69. The molecule has 0 saturated carbocycles. The van der Waals surface area contributed by atoms with Gasteiger partial charge in [0, 0.05) is 6.07 Å². The molecular formula is C25H22FN7O2. The summed E-state index contributed by atoms with van der Waals surface area (Å²) in [5.41, 5.74) is 1.94. The molecule has 2 N–H and O–H groups in total. The van der Waals surface area contributed by atoms with Crippen LogP contribution in [-0.4, -0.2) is 35.4 Å². The van der Waals surface area contributed by atoms with Crippen molar-refractivity contribution in [2.24, 2.45) is 0 Å². The molecule has 3 aromatic heterocycles. The van der Waals surface area contributed by atoms with Crippen molar-refractivity contribution in [3.63, 3.8) is 0 Å². The Morgan fingerprint density at radius 3 is 2.57 bits per heavy atom. The number of anilines is 1. The minimum absolute atomic E-state index is 0.113. The molecule has 0 aliphatic heterocycles. The van der Waals surface area contributed by atoms with Crippen LogP contribution in [-0.2, 0) is 4.79 Å². The van der Waals surface area contributed by atoms with E-state index in [0.29, 0.717) is 23.6 Å². The van der Waals surface area contributed by atoms with E-state index in [-0.39, 0.29) is 34.6 Å². The van der Waals surface area contributed by atoms with Crippen LogP contribution >= 0.6 is 0 Å². The maximum atomic E-state index is 13.4. The Morgan fingerprint density at radius 1 is 1.11 bits per heavy atom. The molecule has 0 fully saturated rings.